The van der Waals surface area contributed by atoms with Gasteiger partial charge < -0.3 is 5.32 Å². The number of anilines is 1. The van der Waals surface area contributed by atoms with E-state index in [2.05, 4.69) is 46.4 Å². The van der Waals surface area contributed by atoms with Crippen LogP contribution in [0.1, 0.15) is 23.1 Å². The van der Waals surface area contributed by atoms with Crippen molar-refractivity contribution in [3.8, 4) is 0 Å². The van der Waals surface area contributed by atoms with Gasteiger partial charge in [0.05, 0.1) is 0 Å². The van der Waals surface area contributed by atoms with E-state index in [1.54, 1.807) is 17.8 Å². The Labute approximate surface area is 177 Å². The summed E-state index contributed by atoms with van der Waals surface area (Å²) in [6.07, 6.45) is 5.64. The van der Waals surface area contributed by atoms with Crippen molar-refractivity contribution in [1.82, 2.24) is 15.4 Å². The molecule has 3 rings (SSSR count). The van der Waals surface area contributed by atoms with Crippen molar-refractivity contribution < 1.29 is 10.0 Å². The first-order valence-electron chi connectivity index (χ1n) is 8.75. The highest BCUT2D eigenvalue weighted by Crippen LogP contribution is 2.17. The predicted molar refractivity (Wildman–Crippen MR) is 116 cm³/mol. The molecule has 1 aliphatic rings. The monoisotopic (exact) mass is 424 g/mol. The van der Waals surface area contributed by atoms with Crippen LogP contribution >= 0.6 is 24.8 Å². The maximum atomic E-state index is 11.0. The number of aryl methyl sites for hydroxylation is 1. The minimum Gasteiger partial charge on any atom is -0.366 e. The number of nitrogens with zero attached hydrogens (tertiary/aromatic N) is 2. The van der Waals surface area contributed by atoms with Gasteiger partial charge in [0.15, 0.2) is 0 Å². The van der Waals surface area contributed by atoms with Gasteiger partial charge in [0.25, 0.3) is 5.91 Å². The van der Waals surface area contributed by atoms with Crippen LogP contribution in [0.25, 0.3) is 6.08 Å². The quantitative estimate of drug-likeness (QED) is 0.376. The number of nitrogens with one attached hydrogen (secondary N) is 2. The summed E-state index contributed by atoms with van der Waals surface area (Å²) >= 11 is 0. The molecule has 0 unspecified atom stereocenters. The Morgan fingerprint density at radius 1 is 1.25 bits per heavy atom. The Hall–Kier alpha value is -2.12. The van der Waals surface area contributed by atoms with Gasteiger partial charge in [-0.25, -0.2) is 10.5 Å². The summed E-state index contributed by atoms with van der Waals surface area (Å²) in [7, 11) is 0. The molecule has 1 saturated heterocycles. The molecule has 1 aliphatic heterocycles. The van der Waals surface area contributed by atoms with Crippen LogP contribution < -0.4 is 10.8 Å². The fourth-order valence-electron chi connectivity index (χ4n) is 3.05. The Balaban J connectivity index is 0.00000196. The van der Waals surface area contributed by atoms with E-state index in [1.807, 2.05) is 12.1 Å². The number of carbonyl (C=O) groups is 1. The number of halogens is 2. The molecule has 3 N–H and O–H groups in total. The number of hydrogen-bond donors (Lipinski definition) is 3. The lowest BCUT2D eigenvalue weighted by Gasteiger charge is -2.17. The molecule has 0 radical (unpaired) electrons. The molecule has 0 saturated carbocycles. The van der Waals surface area contributed by atoms with Crippen LogP contribution in [0, 0.1) is 6.92 Å². The lowest BCUT2D eigenvalue weighted by molar-refractivity contribution is -0.124. The van der Waals surface area contributed by atoms with E-state index in [0.717, 1.165) is 37.4 Å². The number of amides is 1. The molecule has 0 spiro atoms. The van der Waals surface area contributed by atoms with Crippen LogP contribution in [0.15, 0.2) is 48.7 Å². The molecule has 152 valence electrons. The first kappa shape index (κ1) is 23.9. The van der Waals surface area contributed by atoms with Crippen LogP contribution in [-0.4, -0.2) is 40.1 Å². The van der Waals surface area contributed by atoms with Gasteiger partial charge in [-0.05, 0) is 42.7 Å². The third-order valence-corrected chi connectivity index (χ3v) is 4.47. The fraction of sp³-hybridized carbons (Fsp3) is 0.300. The molecule has 1 aromatic carbocycles. The Bertz CT molecular complexity index is 767. The van der Waals surface area contributed by atoms with Crippen LogP contribution in [0.5, 0.6) is 0 Å². The van der Waals surface area contributed by atoms with E-state index in [-0.39, 0.29) is 24.8 Å². The van der Waals surface area contributed by atoms with Gasteiger partial charge in [-0.2, -0.15) is 0 Å². The first-order chi connectivity index (χ1) is 12.6. The maximum Gasteiger partial charge on any atom is 0.267 e. The molecule has 1 fully saturated rings. The highest BCUT2D eigenvalue weighted by atomic mass is 35.5. The predicted octanol–water partition coefficient (Wildman–Crippen LogP) is 3.44. The second kappa shape index (κ2) is 11.7. The minimum absolute atomic E-state index is 0. The summed E-state index contributed by atoms with van der Waals surface area (Å²) in [6.45, 7) is 5.15. The number of pyridine rings is 1. The summed E-state index contributed by atoms with van der Waals surface area (Å²) in [5.74, 6) is 0.266. The number of carbonyl (C=O) groups excluding carboxylic acids is 1. The zero-order valence-corrected chi connectivity index (χ0v) is 17.3. The van der Waals surface area contributed by atoms with Gasteiger partial charge in [0, 0.05) is 37.9 Å². The topological polar surface area (TPSA) is 77.5 Å². The average Bonchev–Trinajstić information content (AvgIpc) is 3.09. The third-order valence-electron chi connectivity index (χ3n) is 4.47. The zero-order chi connectivity index (χ0) is 18.4. The van der Waals surface area contributed by atoms with Crippen LogP contribution in [0.3, 0.4) is 0 Å². The van der Waals surface area contributed by atoms with Crippen molar-refractivity contribution in [2.24, 2.45) is 0 Å². The molecule has 0 aliphatic carbocycles. The molecule has 1 atom stereocenters. The van der Waals surface area contributed by atoms with Crippen LogP contribution in [0.4, 0.5) is 5.82 Å². The van der Waals surface area contributed by atoms with Gasteiger partial charge in [-0.3, -0.25) is 14.9 Å². The van der Waals surface area contributed by atoms with E-state index in [4.69, 9.17) is 5.21 Å². The van der Waals surface area contributed by atoms with Crippen LogP contribution in [0.2, 0.25) is 0 Å². The molecular weight excluding hydrogens is 399 g/mol. The summed E-state index contributed by atoms with van der Waals surface area (Å²) in [5.41, 5.74) is 4.99. The van der Waals surface area contributed by atoms with E-state index in [1.165, 1.54) is 17.2 Å². The number of hydrogen-bond acceptors (Lipinski definition) is 5. The van der Waals surface area contributed by atoms with Crippen molar-refractivity contribution in [2.75, 3.05) is 18.4 Å². The van der Waals surface area contributed by atoms with Gasteiger partial charge in [-0.1, -0.05) is 29.8 Å². The van der Waals surface area contributed by atoms with Gasteiger partial charge in [0.2, 0.25) is 0 Å². The average molecular weight is 425 g/mol. The number of aromatic nitrogens is 1. The minimum atomic E-state index is -0.563. The Kier molecular flexibility index (Phi) is 9.96. The molecule has 0 bridgehead atoms. The van der Waals surface area contributed by atoms with Crippen molar-refractivity contribution in [3.05, 3.63) is 65.4 Å². The van der Waals surface area contributed by atoms with Crippen molar-refractivity contribution in [3.63, 3.8) is 0 Å². The molecule has 1 aromatic heterocycles. The van der Waals surface area contributed by atoms with Gasteiger partial charge in [-0.15, -0.1) is 24.8 Å². The molecular formula is C20H26Cl2N4O2. The summed E-state index contributed by atoms with van der Waals surface area (Å²) in [4.78, 5) is 17.8. The van der Waals surface area contributed by atoms with Crippen LogP contribution in [-0.2, 0) is 11.3 Å². The second-order valence-electron chi connectivity index (χ2n) is 6.64. The summed E-state index contributed by atoms with van der Waals surface area (Å²) in [6, 6.07) is 12.9. The van der Waals surface area contributed by atoms with Crippen molar-refractivity contribution in [2.45, 2.75) is 25.9 Å². The van der Waals surface area contributed by atoms with Crippen molar-refractivity contribution in [1.29, 1.82) is 0 Å². The van der Waals surface area contributed by atoms with E-state index in [9.17, 15) is 4.79 Å². The maximum absolute atomic E-state index is 11.0. The van der Waals surface area contributed by atoms with E-state index >= 15 is 0 Å². The number of likely N-dealkylation sites (tertiary alicyclic amines) is 1. The third kappa shape index (κ3) is 7.13. The first-order valence-corrected chi connectivity index (χ1v) is 8.75. The normalized spacial score (nSPS) is 16.3. The molecule has 28 heavy (non-hydrogen) atoms. The number of benzene rings is 1. The largest absolute Gasteiger partial charge is 0.366 e. The van der Waals surface area contributed by atoms with Gasteiger partial charge in [0.1, 0.15) is 5.82 Å². The zero-order valence-electron chi connectivity index (χ0n) is 15.7. The molecule has 8 heteroatoms. The summed E-state index contributed by atoms with van der Waals surface area (Å²) in [5, 5.41) is 11.9. The summed E-state index contributed by atoms with van der Waals surface area (Å²) < 4.78 is 0. The Morgan fingerprint density at radius 3 is 2.64 bits per heavy atom. The molecule has 2 aromatic rings. The number of rotatable bonds is 6. The SMILES string of the molecule is Cc1ccc(CN2CC[C@@H](Nc3ccc(C=CC(=O)NO)cn3)C2)cc1.Cl.Cl. The van der Waals surface area contributed by atoms with E-state index < -0.39 is 5.91 Å². The number of hydroxylamine groups is 1. The fourth-order valence-corrected chi connectivity index (χ4v) is 3.05. The smallest absolute Gasteiger partial charge is 0.267 e. The van der Waals surface area contributed by atoms with Crippen molar-refractivity contribution >= 4 is 42.6 Å². The highest BCUT2D eigenvalue weighted by molar-refractivity contribution is 5.90. The molecule has 2 heterocycles. The lowest BCUT2D eigenvalue weighted by Crippen LogP contribution is -2.26. The standard InChI is InChI=1S/C20H24N4O2.2ClH/c1-15-2-4-17(5-3-15)13-24-11-10-18(14-24)22-19-8-6-16(12-21-19)7-9-20(25)23-26;;/h2-9,12,18,26H,10-11,13-14H2,1H3,(H,21,22)(H,23,25);2*1H/t18-;;/m1../s1. The lowest BCUT2D eigenvalue weighted by atomic mass is 10.1. The van der Waals surface area contributed by atoms with E-state index in [0.29, 0.717) is 6.04 Å². The highest BCUT2D eigenvalue weighted by Gasteiger charge is 2.22. The van der Waals surface area contributed by atoms with Gasteiger partial charge >= 0.3 is 0 Å². The molecule has 6 nitrogen and oxygen atoms in total. The molecule has 1 amide bonds. The Morgan fingerprint density at radius 2 is 2.00 bits per heavy atom. The second-order valence-corrected chi connectivity index (χ2v) is 6.64.